The fourth-order valence-corrected chi connectivity index (χ4v) is 3.53. The molecule has 0 N–H and O–H groups in total. The number of carbonyl (C=O) groups excluding carboxylic acids is 1. The van der Waals surface area contributed by atoms with Gasteiger partial charge in [0, 0.05) is 0 Å². The molecule has 0 heterocycles. The van der Waals surface area contributed by atoms with E-state index in [2.05, 4.69) is 6.58 Å². The summed E-state index contributed by atoms with van der Waals surface area (Å²) in [4.78, 5) is 11.6. The second-order valence-corrected chi connectivity index (χ2v) is 5.12. The lowest BCUT2D eigenvalue weighted by molar-refractivity contribution is -0.147. The van der Waals surface area contributed by atoms with Crippen molar-refractivity contribution < 1.29 is 14.3 Å². The SMILES string of the molecule is C=COCCC12CCC(C1)C(C(=O)OC)C2. The lowest BCUT2D eigenvalue weighted by atomic mass is 9.78. The maximum absolute atomic E-state index is 11.6. The first-order chi connectivity index (χ1) is 7.71. The zero-order chi connectivity index (χ0) is 11.6. The van der Waals surface area contributed by atoms with E-state index in [-0.39, 0.29) is 11.9 Å². The summed E-state index contributed by atoms with van der Waals surface area (Å²) in [5, 5.41) is 0. The number of rotatable bonds is 5. The number of fused-ring (bicyclic) bond motifs is 2. The normalized spacial score (nSPS) is 36.1. The van der Waals surface area contributed by atoms with Crippen LogP contribution in [-0.4, -0.2) is 19.7 Å². The van der Waals surface area contributed by atoms with Crippen LogP contribution in [0.1, 0.15) is 32.1 Å². The summed E-state index contributed by atoms with van der Waals surface area (Å²) in [6.07, 6.45) is 7.12. The van der Waals surface area contributed by atoms with Crippen molar-refractivity contribution in [3.05, 3.63) is 12.8 Å². The summed E-state index contributed by atoms with van der Waals surface area (Å²) in [5.74, 6) is 0.676. The average Bonchev–Trinajstić information content (AvgIpc) is 2.86. The summed E-state index contributed by atoms with van der Waals surface area (Å²) < 4.78 is 10.1. The Balaban J connectivity index is 1.93. The molecule has 2 aliphatic carbocycles. The van der Waals surface area contributed by atoms with Gasteiger partial charge in [0.15, 0.2) is 0 Å². The zero-order valence-electron chi connectivity index (χ0n) is 9.91. The molecule has 0 radical (unpaired) electrons. The van der Waals surface area contributed by atoms with Crippen molar-refractivity contribution in [1.29, 1.82) is 0 Å². The van der Waals surface area contributed by atoms with Crippen molar-refractivity contribution in [3.63, 3.8) is 0 Å². The molecule has 2 aliphatic rings. The van der Waals surface area contributed by atoms with Gasteiger partial charge in [0.25, 0.3) is 0 Å². The first kappa shape index (κ1) is 11.5. The minimum atomic E-state index is -0.0174. The predicted octanol–water partition coefficient (Wildman–Crippen LogP) is 2.52. The van der Waals surface area contributed by atoms with Gasteiger partial charge in [0.2, 0.25) is 0 Å². The highest BCUT2D eigenvalue weighted by atomic mass is 16.5. The maximum Gasteiger partial charge on any atom is 0.308 e. The molecule has 2 bridgehead atoms. The van der Waals surface area contributed by atoms with E-state index in [4.69, 9.17) is 9.47 Å². The van der Waals surface area contributed by atoms with Crippen LogP contribution in [0.4, 0.5) is 0 Å². The third kappa shape index (κ3) is 1.95. The summed E-state index contributed by atoms with van der Waals surface area (Å²) in [6, 6.07) is 0. The Morgan fingerprint density at radius 3 is 3.06 bits per heavy atom. The maximum atomic E-state index is 11.6. The van der Waals surface area contributed by atoms with E-state index in [1.807, 2.05) is 0 Å². The van der Waals surface area contributed by atoms with Crippen molar-refractivity contribution in [2.75, 3.05) is 13.7 Å². The largest absolute Gasteiger partial charge is 0.502 e. The Hall–Kier alpha value is -0.990. The fourth-order valence-electron chi connectivity index (χ4n) is 3.53. The van der Waals surface area contributed by atoms with Gasteiger partial charge in [-0.1, -0.05) is 6.58 Å². The summed E-state index contributed by atoms with van der Waals surface area (Å²) in [6.45, 7) is 4.27. The van der Waals surface area contributed by atoms with Crippen molar-refractivity contribution in [2.45, 2.75) is 32.1 Å². The van der Waals surface area contributed by atoms with Crippen LogP contribution < -0.4 is 0 Å². The van der Waals surface area contributed by atoms with Crippen LogP contribution in [0, 0.1) is 17.3 Å². The van der Waals surface area contributed by atoms with Gasteiger partial charge in [-0.2, -0.15) is 0 Å². The van der Waals surface area contributed by atoms with Gasteiger partial charge >= 0.3 is 5.97 Å². The average molecular weight is 224 g/mol. The van der Waals surface area contributed by atoms with Crippen LogP contribution in [0.15, 0.2) is 12.8 Å². The smallest absolute Gasteiger partial charge is 0.308 e. The fraction of sp³-hybridized carbons (Fsp3) is 0.769. The molecule has 2 fully saturated rings. The standard InChI is InChI=1S/C13H20O3/c1-3-16-7-6-13-5-4-10(8-13)11(9-13)12(14)15-2/h3,10-11H,1,4-9H2,2H3. The number of hydrogen-bond acceptors (Lipinski definition) is 3. The number of carbonyl (C=O) groups is 1. The molecule has 0 aromatic carbocycles. The van der Waals surface area contributed by atoms with Gasteiger partial charge in [0.1, 0.15) is 0 Å². The van der Waals surface area contributed by atoms with Gasteiger partial charge < -0.3 is 9.47 Å². The second kappa shape index (κ2) is 4.48. The van der Waals surface area contributed by atoms with Crippen LogP contribution in [0.2, 0.25) is 0 Å². The lowest BCUT2D eigenvalue weighted by Crippen LogP contribution is -2.26. The Labute approximate surface area is 96.8 Å². The van der Waals surface area contributed by atoms with E-state index in [1.165, 1.54) is 32.6 Å². The summed E-state index contributed by atoms with van der Waals surface area (Å²) >= 11 is 0. The molecule has 0 aromatic heterocycles. The molecule has 2 rings (SSSR count). The van der Waals surface area contributed by atoms with E-state index in [1.54, 1.807) is 0 Å². The molecule has 0 aliphatic heterocycles. The Kier molecular flexibility index (Phi) is 3.22. The van der Waals surface area contributed by atoms with Crippen LogP contribution in [0.5, 0.6) is 0 Å². The molecule has 3 nitrogen and oxygen atoms in total. The first-order valence-electron chi connectivity index (χ1n) is 6.01. The number of esters is 1. The quantitative estimate of drug-likeness (QED) is 0.409. The molecule has 2 saturated carbocycles. The third-order valence-electron chi connectivity index (χ3n) is 4.33. The Morgan fingerprint density at radius 2 is 2.38 bits per heavy atom. The van der Waals surface area contributed by atoms with Crippen molar-refractivity contribution in [1.82, 2.24) is 0 Å². The number of hydrogen-bond donors (Lipinski definition) is 0. The molecule has 3 unspecified atom stereocenters. The number of methoxy groups -OCH3 is 1. The van der Waals surface area contributed by atoms with Crippen LogP contribution >= 0.6 is 0 Å². The summed E-state index contributed by atoms with van der Waals surface area (Å²) in [5.41, 5.74) is 0.340. The van der Waals surface area contributed by atoms with E-state index < -0.39 is 0 Å². The third-order valence-corrected chi connectivity index (χ3v) is 4.33. The van der Waals surface area contributed by atoms with Crippen LogP contribution in [-0.2, 0) is 14.3 Å². The molecule has 0 saturated heterocycles. The van der Waals surface area contributed by atoms with Crippen molar-refractivity contribution in [3.8, 4) is 0 Å². The van der Waals surface area contributed by atoms with E-state index >= 15 is 0 Å². The highest BCUT2D eigenvalue weighted by molar-refractivity contribution is 5.73. The highest BCUT2D eigenvalue weighted by Crippen LogP contribution is 2.58. The number of ether oxygens (including phenoxy) is 2. The van der Waals surface area contributed by atoms with E-state index in [0.29, 0.717) is 11.3 Å². The van der Waals surface area contributed by atoms with Gasteiger partial charge in [-0.05, 0) is 43.4 Å². The van der Waals surface area contributed by atoms with E-state index in [9.17, 15) is 4.79 Å². The first-order valence-corrected chi connectivity index (χ1v) is 6.01. The topological polar surface area (TPSA) is 35.5 Å². The molecular formula is C13H20O3. The van der Waals surface area contributed by atoms with Crippen molar-refractivity contribution in [2.24, 2.45) is 17.3 Å². The van der Waals surface area contributed by atoms with Gasteiger partial charge in [-0.3, -0.25) is 4.79 Å². The highest BCUT2D eigenvalue weighted by Gasteiger charge is 2.52. The molecule has 0 amide bonds. The zero-order valence-corrected chi connectivity index (χ0v) is 9.91. The van der Waals surface area contributed by atoms with Gasteiger partial charge in [0.05, 0.1) is 25.9 Å². The van der Waals surface area contributed by atoms with Gasteiger partial charge in [-0.15, -0.1) is 0 Å². The lowest BCUT2D eigenvalue weighted by Gasteiger charge is -2.28. The molecule has 3 atom stereocenters. The Morgan fingerprint density at radius 1 is 1.56 bits per heavy atom. The van der Waals surface area contributed by atoms with Crippen molar-refractivity contribution >= 4 is 5.97 Å². The van der Waals surface area contributed by atoms with E-state index in [0.717, 1.165) is 19.4 Å². The summed E-state index contributed by atoms with van der Waals surface area (Å²) in [7, 11) is 1.49. The van der Waals surface area contributed by atoms with Crippen LogP contribution in [0.3, 0.4) is 0 Å². The molecule has 90 valence electrons. The Bertz CT molecular complexity index is 287. The van der Waals surface area contributed by atoms with Crippen LogP contribution in [0.25, 0.3) is 0 Å². The molecule has 0 spiro atoms. The van der Waals surface area contributed by atoms with Gasteiger partial charge in [-0.25, -0.2) is 0 Å². The molecule has 3 heteroatoms. The minimum Gasteiger partial charge on any atom is -0.502 e. The molecule has 16 heavy (non-hydrogen) atoms. The predicted molar refractivity (Wildman–Crippen MR) is 60.7 cm³/mol. The minimum absolute atomic E-state index is 0.0174. The molecule has 0 aromatic rings. The second-order valence-electron chi connectivity index (χ2n) is 5.12. The monoisotopic (exact) mass is 224 g/mol. The molecular weight excluding hydrogens is 204 g/mol.